The number of rotatable bonds is 4. The van der Waals surface area contributed by atoms with Crippen LogP contribution in [0.2, 0.25) is 0 Å². The molecule has 0 bridgehead atoms. The van der Waals surface area contributed by atoms with Crippen LogP contribution in [-0.2, 0) is 0 Å². The van der Waals surface area contributed by atoms with Crippen LogP contribution in [0.25, 0.3) is 0 Å². The van der Waals surface area contributed by atoms with E-state index in [1.54, 1.807) is 18.5 Å². The monoisotopic (exact) mass is 270 g/mol. The SMILES string of the molecule is CCN(c1ccc(C)cc1)c1cnccc1/C(N)=N/O. The molecule has 5 nitrogen and oxygen atoms in total. The zero-order valence-electron chi connectivity index (χ0n) is 11.6. The summed E-state index contributed by atoms with van der Waals surface area (Å²) in [5.74, 6) is 0.0768. The molecule has 5 heteroatoms. The van der Waals surface area contributed by atoms with Crippen molar-refractivity contribution in [3.8, 4) is 0 Å². The number of aryl methyl sites for hydroxylation is 1. The molecular weight excluding hydrogens is 252 g/mol. The molecule has 0 spiro atoms. The van der Waals surface area contributed by atoms with Crippen LogP contribution < -0.4 is 10.6 Å². The first-order valence-corrected chi connectivity index (χ1v) is 6.43. The van der Waals surface area contributed by atoms with Gasteiger partial charge in [-0.2, -0.15) is 0 Å². The van der Waals surface area contributed by atoms with Gasteiger partial charge >= 0.3 is 0 Å². The Morgan fingerprint density at radius 1 is 1.30 bits per heavy atom. The molecule has 0 amide bonds. The summed E-state index contributed by atoms with van der Waals surface area (Å²) < 4.78 is 0. The summed E-state index contributed by atoms with van der Waals surface area (Å²) in [5.41, 5.74) is 9.45. The third-order valence-corrected chi connectivity index (χ3v) is 3.14. The number of anilines is 2. The summed E-state index contributed by atoms with van der Waals surface area (Å²) in [7, 11) is 0. The van der Waals surface area contributed by atoms with Crippen molar-refractivity contribution in [1.29, 1.82) is 0 Å². The van der Waals surface area contributed by atoms with Crippen molar-refractivity contribution in [2.45, 2.75) is 13.8 Å². The van der Waals surface area contributed by atoms with E-state index in [-0.39, 0.29) is 5.84 Å². The average Bonchev–Trinajstić information content (AvgIpc) is 2.49. The lowest BCUT2D eigenvalue weighted by molar-refractivity contribution is 0.318. The Labute approximate surface area is 118 Å². The molecule has 0 unspecified atom stereocenters. The summed E-state index contributed by atoms with van der Waals surface area (Å²) >= 11 is 0. The molecule has 0 aliphatic heterocycles. The Balaban J connectivity index is 2.50. The number of pyridine rings is 1. The fourth-order valence-electron chi connectivity index (χ4n) is 2.09. The third-order valence-electron chi connectivity index (χ3n) is 3.14. The van der Waals surface area contributed by atoms with Crippen LogP contribution in [0.4, 0.5) is 11.4 Å². The molecule has 0 fully saturated rings. The highest BCUT2D eigenvalue weighted by atomic mass is 16.4. The van der Waals surface area contributed by atoms with Gasteiger partial charge in [0.25, 0.3) is 0 Å². The molecule has 0 saturated carbocycles. The van der Waals surface area contributed by atoms with Gasteiger partial charge in [0.05, 0.1) is 11.9 Å². The summed E-state index contributed by atoms with van der Waals surface area (Å²) in [6.45, 7) is 4.84. The van der Waals surface area contributed by atoms with Crippen LogP contribution in [0, 0.1) is 6.92 Å². The second-order valence-electron chi connectivity index (χ2n) is 4.46. The van der Waals surface area contributed by atoms with E-state index >= 15 is 0 Å². The number of amidine groups is 1. The summed E-state index contributed by atoms with van der Waals surface area (Å²) in [6, 6.07) is 9.93. The fraction of sp³-hybridized carbons (Fsp3) is 0.200. The molecular formula is C15H18N4O. The summed E-state index contributed by atoms with van der Waals surface area (Å²) in [4.78, 5) is 6.21. The quantitative estimate of drug-likeness (QED) is 0.387. The first-order chi connectivity index (χ1) is 9.67. The predicted octanol–water partition coefficient (Wildman–Crippen LogP) is 2.64. The van der Waals surface area contributed by atoms with Gasteiger partial charge in [-0.25, -0.2) is 0 Å². The van der Waals surface area contributed by atoms with Crippen molar-refractivity contribution in [3.05, 3.63) is 53.9 Å². The molecule has 0 aliphatic carbocycles. The maximum Gasteiger partial charge on any atom is 0.172 e. The Kier molecular flexibility index (Phi) is 4.20. The lowest BCUT2D eigenvalue weighted by Gasteiger charge is -2.25. The molecule has 1 aromatic heterocycles. The lowest BCUT2D eigenvalue weighted by Crippen LogP contribution is -2.22. The predicted molar refractivity (Wildman–Crippen MR) is 80.6 cm³/mol. The first kappa shape index (κ1) is 13.9. The molecule has 20 heavy (non-hydrogen) atoms. The normalized spacial score (nSPS) is 11.4. The number of oxime groups is 1. The van der Waals surface area contributed by atoms with Crippen molar-refractivity contribution >= 4 is 17.2 Å². The van der Waals surface area contributed by atoms with Crippen LogP contribution in [0.3, 0.4) is 0 Å². The largest absolute Gasteiger partial charge is 0.409 e. The van der Waals surface area contributed by atoms with Gasteiger partial charge in [0, 0.05) is 24.0 Å². The van der Waals surface area contributed by atoms with E-state index in [0.717, 1.165) is 17.9 Å². The zero-order chi connectivity index (χ0) is 14.5. The van der Waals surface area contributed by atoms with Crippen molar-refractivity contribution in [3.63, 3.8) is 0 Å². The fourth-order valence-corrected chi connectivity index (χ4v) is 2.09. The Morgan fingerprint density at radius 2 is 2.00 bits per heavy atom. The van der Waals surface area contributed by atoms with E-state index in [0.29, 0.717) is 5.56 Å². The molecule has 1 heterocycles. The van der Waals surface area contributed by atoms with Crippen LogP contribution in [0.1, 0.15) is 18.1 Å². The number of benzene rings is 1. The Morgan fingerprint density at radius 3 is 2.60 bits per heavy atom. The van der Waals surface area contributed by atoms with Crippen molar-refractivity contribution in [2.75, 3.05) is 11.4 Å². The third kappa shape index (κ3) is 2.71. The second-order valence-corrected chi connectivity index (χ2v) is 4.46. The van der Waals surface area contributed by atoms with Gasteiger partial charge in [-0.15, -0.1) is 0 Å². The topological polar surface area (TPSA) is 74.7 Å². The number of nitrogens with two attached hydrogens (primary N) is 1. The van der Waals surface area contributed by atoms with Crippen LogP contribution in [0.5, 0.6) is 0 Å². The van der Waals surface area contributed by atoms with Gasteiger partial charge in [0.15, 0.2) is 5.84 Å². The molecule has 2 rings (SSSR count). The Bertz CT molecular complexity index is 608. The molecule has 2 aromatic rings. The van der Waals surface area contributed by atoms with E-state index in [1.807, 2.05) is 26.0 Å². The van der Waals surface area contributed by atoms with Crippen LogP contribution >= 0.6 is 0 Å². The van der Waals surface area contributed by atoms with Crippen molar-refractivity contribution in [1.82, 2.24) is 4.98 Å². The number of hydrogen-bond donors (Lipinski definition) is 2. The minimum Gasteiger partial charge on any atom is -0.409 e. The first-order valence-electron chi connectivity index (χ1n) is 6.43. The van der Waals surface area contributed by atoms with Crippen molar-refractivity contribution < 1.29 is 5.21 Å². The molecule has 3 N–H and O–H groups in total. The highest BCUT2D eigenvalue weighted by Gasteiger charge is 2.14. The van der Waals surface area contributed by atoms with Crippen molar-refractivity contribution in [2.24, 2.45) is 10.9 Å². The highest BCUT2D eigenvalue weighted by molar-refractivity contribution is 6.02. The van der Waals surface area contributed by atoms with Gasteiger partial charge < -0.3 is 15.8 Å². The van der Waals surface area contributed by atoms with E-state index < -0.39 is 0 Å². The van der Waals surface area contributed by atoms with Gasteiger partial charge in [-0.3, -0.25) is 4.98 Å². The Hall–Kier alpha value is -2.56. The van der Waals surface area contributed by atoms with Gasteiger partial charge in [-0.1, -0.05) is 22.9 Å². The molecule has 1 aromatic carbocycles. The molecule has 104 valence electrons. The van der Waals surface area contributed by atoms with E-state index in [2.05, 4.69) is 27.2 Å². The standard InChI is InChI=1S/C15H18N4O/c1-3-19(12-6-4-11(2)5-7-12)14-10-17-9-8-13(14)15(16)18-20/h4-10,20H,3H2,1-2H3,(H2,16,18). The molecule has 0 atom stereocenters. The zero-order valence-corrected chi connectivity index (χ0v) is 11.6. The molecule has 0 aliphatic rings. The average molecular weight is 270 g/mol. The minimum absolute atomic E-state index is 0.0768. The van der Waals surface area contributed by atoms with E-state index in [9.17, 15) is 0 Å². The highest BCUT2D eigenvalue weighted by Crippen LogP contribution is 2.27. The summed E-state index contributed by atoms with van der Waals surface area (Å²) in [5, 5.41) is 12.0. The van der Waals surface area contributed by atoms with Crippen LogP contribution in [-0.4, -0.2) is 22.6 Å². The smallest absolute Gasteiger partial charge is 0.172 e. The van der Waals surface area contributed by atoms with Gasteiger partial charge in [-0.05, 0) is 32.0 Å². The van der Waals surface area contributed by atoms with E-state index in [1.165, 1.54) is 5.56 Å². The second kappa shape index (κ2) is 6.06. The summed E-state index contributed by atoms with van der Waals surface area (Å²) in [6.07, 6.45) is 3.34. The number of aromatic nitrogens is 1. The number of hydrogen-bond acceptors (Lipinski definition) is 4. The minimum atomic E-state index is 0.0768. The van der Waals surface area contributed by atoms with Crippen LogP contribution in [0.15, 0.2) is 47.9 Å². The maximum absolute atomic E-state index is 8.90. The van der Waals surface area contributed by atoms with Gasteiger partial charge in [0.1, 0.15) is 0 Å². The maximum atomic E-state index is 8.90. The molecule has 0 radical (unpaired) electrons. The van der Waals surface area contributed by atoms with Gasteiger partial charge in [0.2, 0.25) is 0 Å². The lowest BCUT2D eigenvalue weighted by atomic mass is 10.1. The number of nitrogens with zero attached hydrogens (tertiary/aromatic N) is 3. The van der Waals surface area contributed by atoms with E-state index in [4.69, 9.17) is 10.9 Å². The molecule has 0 saturated heterocycles.